The number of hydrogen-bond donors (Lipinski definition) is 1. The molecule has 0 aliphatic carbocycles. The van der Waals surface area contributed by atoms with E-state index >= 15 is 0 Å². The van der Waals surface area contributed by atoms with Crippen LogP contribution in [0.1, 0.15) is 30.5 Å². The molecule has 0 amide bonds. The van der Waals surface area contributed by atoms with Gasteiger partial charge in [-0.15, -0.1) is 0 Å². The van der Waals surface area contributed by atoms with Crippen molar-refractivity contribution in [1.82, 2.24) is 0 Å². The molecule has 2 heteroatoms. The zero-order chi connectivity index (χ0) is 13.2. The van der Waals surface area contributed by atoms with Crippen LogP contribution in [0.25, 0.3) is 0 Å². The molecule has 1 atom stereocenters. The summed E-state index contributed by atoms with van der Waals surface area (Å²) in [4.78, 5) is 2.41. The number of benzene rings is 2. The standard InChI is InChI=1S/C17H20N2/c1-13(18)14-8-10-16(11-9-14)19-12-4-6-15-5-2-3-7-17(15)19/h2-3,5,7-11,13H,4,6,12,18H2,1H3/t13-/m0/s1. The monoisotopic (exact) mass is 252 g/mol. The van der Waals surface area contributed by atoms with Gasteiger partial charge in [0.15, 0.2) is 0 Å². The summed E-state index contributed by atoms with van der Waals surface area (Å²) in [6.45, 7) is 3.11. The summed E-state index contributed by atoms with van der Waals surface area (Å²) in [5.41, 5.74) is 11.2. The lowest BCUT2D eigenvalue weighted by molar-refractivity contribution is 0.765. The third kappa shape index (κ3) is 2.36. The highest BCUT2D eigenvalue weighted by Gasteiger charge is 2.17. The lowest BCUT2D eigenvalue weighted by Gasteiger charge is -2.31. The van der Waals surface area contributed by atoms with Crippen LogP contribution in [0.3, 0.4) is 0 Å². The van der Waals surface area contributed by atoms with E-state index in [4.69, 9.17) is 5.73 Å². The van der Waals surface area contributed by atoms with E-state index in [1.165, 1.54) is 35.3 Å². The molecule has 0 radical (unpaired) electrons. The topological polar surface area (TPSA) is 29.3 Å². The molecule has 0 saturated carbocycles. The lowest BCUT2D eigenvalue weighted by atomic mass is 10.0. The minimum atomic E-state index is 0.0997. The number of aryl methyl sites for hydroxylation is 1. The van der Waals surface area contributed by atoms with Crippen molar-refractivity contribution in [2.24, 2.45) is 5.73 Å². The molecule has 0 unspecified atom stereocenters. The van der Waals surface area contributed by atoms with E-state index in [-0.39, 0.29) is 6.04 Å². The minimum Gasteiger partial charge on any atom is -0.341 e. The molecule has 1 heterocycles. The Bertz CT molecular complexity index is 558. The zero-order valence-electron chi connectivity index (χ0n) is 11.3. The molecule has 1 aliphatic heterocycles. The smallest absolute Gasteiger partial charge is 0.0443 e. The lowest BCUT2D eigenvalue weighted by Crippen LogP contribution is -2.24. The van der Waals surface area contributed by atoms with E-state index < -0.39 is 0 Å². The van der Waals surface area contributed by atoms with Crippen molar-refractivity contribution in [3.05, 3.63) is 59.7 Å². The Morgan fingerprint density at radius 2 is 1.79 bits per heavy atom. The fraction of sp³-hybridized carbons (Fsp3) is 0.294. The predicted molar refractivity (Wildman–Crippen MR) is 80.8 cm³/mol. The predicted octanol–water partition coefficient (Wildman–Crippen LogP) is 3.79. The van der Waals surface area contributed by atoms with E-state index in [0.717, 1.165) is 6.54 Å². The van der Waals surface area contributed by atoms with Gasteiger partial charge in [-0.05, 0) is 49.1 Å². The number of rotatable bonds is 2. The number of hydrogen-bond acceptors (Lipinski definition) is 2. The summed E-state index contributed by atoms with van der Waals surface area (Å²) in [5.74, 6) is 0. The van der Waals surface area contributed by atoms with Crippen LogP contribution in [0.5, 0.6) is 0 Å². The first-order valence-corrected chi connectivity index (χ1v) is 6.97. The SMILES string of the molecule is C[C@H](N)c1ccc(N2CCCc3ccccc32)cc1. The highest BCUT2D eigenvalue weighted by atomic mass is 15.1. The van der Waals surface area contributed by atoms with Crippen molar-refractivity contribution in [3.63, 3.8) is 0 Å². The van der Waals surface area contributed by atoms with Gasteiger partial charge in [0.2, 0.25) is 0 Å². The molecule has 1 aliphatic rings. The molecule has 2 N–H and O–H groups in total. The average Bonchev–Trinajstić information content (AvgIpc) is 2.47. The van der Waals surface area contributed by atoms with Crippen molar-refractivity contribution >= 4 is 11.4 Å². The van der Waals surface area contributed by atoms with Gasteiger partial charge in [-0.3, -0.25) is 0 Å². The van der Waals surface area contributed by atoms with Crippen molar-refractivity contribution in [3.8, 4) is 0 Å². The van der Waals surface area contributed by atoms with Crippen LogP contribution in [0.2, 0.25) is 0 Å². The third-order valence-corrected chi connectivity index (χ3v) is 3.84. The molecule has 0 spiro atoms. The van der Waals surface area contributed by atoms with Crippen molar-refractivity contribution in [2.75, 3.05) is 11.4 Å². The Labute approximate surface area is 114 Å². The summed E-state index contributed by atoms with van der Waals surface area (Å²) in [7, 11) is 0. The Balaban J connectivity index is 1.95. The summed E-state index contributed by atoms with van der Waals surface area (Å²) in [6, 6.07) is 17.4. The quantitative estimate of drug-likeness (QED) is 0.881. The maximum atomic E-state index is 5.91. The van der Waals surface area contributed by atoms with Gasteiger partial charge in [0.1, 0.15) is 0 Å². The van der Waals surface area contributed by atoms with E-state index in [1.807, 2.05) is 6.92 Å². The fourth-order valence-corrected chi connectivity index (χ4v) is 2.76. The zero-order valence-corrected chi connectivity index (χ0v) is 11.3. The summed E-state index contributed by atoms with van der Waals surface area (Å²) >= 11 is 0. The highest BCUT2D eigenvalue weighted by Crippen LogP contribution is 2.33. The molecule has 0 bridgehead atoms. The molecular formula is C17H20N2. The molecule has 0 saturated heterocycles. The molecule has 98 valence electrons. The second kappa shape index (κ2) is 5.06. The van der Waals surface area contributed by atoms with Crippen molar-refractivity contribution in [1.29, 1.82) is 0 Å². The van der Waals surface area contributed by atoms with Crippen LogP contribution in [-0.2, 0) is 6.42 Å². The fourth-order valence-electron chi connectivity index (χ4n) is 2.76. The molecule has 19 heavy (non-hydrogen) atoms. The summed E-state index contributed by atoms with van der Waals surface area (Å²) in [5, 5.41) is 0. The Morgan fingerprint density at radius 3 is 2.53 bits per heavy atom. The van der Waals surface area contributed by atoms with Gasteiger partial charge in [-0.25, -0.2) is 0 Å². The van der Waals surface area contributed by atoms with Crippen LogP contribution < -0.4 is 10.6 Å². The van der Waals surface area contributed by atoms with Crippen LogP contribution >= 0.6 is 0 Å². The maximum absolute atomic E-state index is 5.91. The van der Waals surface area contributed by atoms with E-state index in [2.05, 4.69) is 53.4 Å². The first kappa shape index (κ1) is 12.2. The third-order valence-electron chi connectivity index (χ3n) is 3.84. The van der Waals surface area contributed by atoms with E-state index in [9.17, 15) is 0 Å². The largest absolute Gasteiger partial charge is 0.341 e. The van der Waals surface area contributed by atoms with Gasteiger partial charge in [-0.2, -0.15) is 0 Å². The van der Waals surface area contributed by atoms with Gasteiger partial charge in [0, 0.05) is 24.0 Å². The van der Waals surface area contributed by atoms with Crippen LogP contribution in [0.15, 0.2) is 48.5 Å². The first-order chi connectivity index (χ1) is 9.25. The average molecular weight is 252 g/mol. The minimum absolute atomic E-state index is 0.0997. The van der Waals surface area contributed by atoms with Crippen LogP contribution in [0.4, 0.5) is 11.4 Å². The molecule has 0 fully saturated rings. The molecule has 2 aromatic carbocycles. The number of para-hydroxylation sites is 1. The van der Waals surface area contributed by atoms with Gasteiger partial charge in [0.25, 0.3) is 0 Å². The summed E-state index contributed by atoms with van der Waals surface area (Å²) < 4.78 is 0. The Hall–Kier alpha value is -1.80. The van der Waals surface area contributed by atoms with Crippen LogP contribution in [0, 0.1) is 0 Å². The van der Waals surface area contributed by atoms with E-state index in [1.54, 1.807) is 0 Å². The van der Waals surface area contributed by atoms with Gasteiger partial charge >= 0.3 is 0 Å². The van der Waals surface area contributed by atoms with E-state index in [0.29, 0.717) is 0 Å². The molecule has 2 nitrogen and oxygen atoms in total. The number of anilines is 2. The van der Waals surface area contributed by atoms with Crippen molar-refractivity contribution in [2.45, 2.75) is 25.8 Å². The number of nitrogens with two attached hydrogens (primary N) is 1. The first-order valence-electron chi connectivity index (χ1n) is 6.97. The molecule has 3 rings (SSSR count). The Morgan fingerprint density at radius 1 is 1.05 bits per heavy atom. The second-order valence-corrected chi connectivity index (χ2v) is 5.26. The van der Waals surface area contributed by atoms with Gasteiger partial charge in [-0.1, -0.05) is 30.3 Å². The molecule has 0 aromatic heterocycles. The van der Waals surface area contributed by atoms with Gasteiger partial charge in [0.05, 0.1) is 0 Å². The van der Waals surface area contributed by atoms with Gasteiger partial charge < -0.3 is 10.6 Å². The number of nitrogens with zero attached hydrogens (tertiary/aromatic N) is 1. The molecule has 2 aromatic rings. The summed E-state index contributed by atoms with van der Waals surface area (Å²) in [6.07, 6.45) is 2.40. The Kier molecular flexibility index (Phi) is 3.26. The number of fused-ring (bicyclic) bond motifs is 1. The maximum Gasteiger partial charge on any atom is 0.0443 e. The second-order valence-electron chi connectivity index (χ2n) is 5.26. The highest BCUT2D eigenvalue weighted by molar-refractivity contribution is 5.67. The normalized spacial score (nSPS) is 16.0. The molecular weight excluding hydrogens is 232 g/mol. The van der Waals surface area contributed by atoms with Crippen molar-refractivity contribution < 1.29 is 0 Å². The van der Waals surface area contributed by atoms with Crippen LogP contribution in [-0.4, -0.2) is 6.54 Å².